The Bertz CT molecular complexity index is 821. The molecule has 3 N–H and O–H groups in total. The molecule has 0 heterocycles. The number of ether oxygens (including phenoxy) is 2. The molecule has 0 aliphatic carbocycles. The van der Waals surface area contributed by atoms with Crippen molar-refractivity contribution in [3.8, 4) is 0 Å². The van der Waals surface area contributed by atoms with Gasteiger partial charge in [0.1, 0.15) is 12.7 Å². The van der Waals surface area contributed by atoms with Crippen LogP contribution in [0.5, 0.6) is 0 Å². The van der Waals surface area contributed by atoms with Crippen molar-refractivity contribution in [1.29, 1.82) is 0 Å². The van der Waals surface area contributed by atoms with Crippen LogP contribution in [-0.4, -0.2) is 78.8 Å². The quantitative estimate of drug-likeness (QED) is 0.0319. The van der Waals surface area contributed by atoms with Crippen LogP contribution >= 0.6 is 0 Å². The van der Waals surface area contributed by atoms with E-state index in [1.54, 1.807) is 0 Å². The summed E-state index contributed by atoms with van der Waals surface area (Å²) in [6.45, 7) is 12.9. The summed E-state index contributed by atoms with van der Waals surface area (Å²) in [4.78, 5) is 26.8. The summed E-state index contributed by atoms with van der Waals surface area (Å²) in [6.07, 6.45) is 38.7. The second kappa shape index (κ2) is 44.3. The van der Waals surface area contributed by atoms with Gasteiger partial charge in [0.25, 0.3) is 0 Å². The van der Waals surface area contributed by atoms with Crippen LogP contribution in [0.1, 0.15) is 246 Å². The fourth-order valence-electron chi connectivity index (χ4n) is 7.93. The number of nitrogens with zero attached hydrogens (tertiary/aromatic N) is 1. The summed E-state index contributed by atoms with van der Waals surface area (Å²) in [6, 6.07) is 0. The maximum absolute atomic E-state index is 12.8. The van der Waals surface area contributed by atoms with Gasteiger partial charge in [-0.1, -0.05) is 169 Å². The summed E-state index contributed by atoms with van der Waals surface area (Å²) in [5, 5.41) is 22.2. The molecule has 0 bridgehead atoms. The minimum atomic E-state index is -0.634. The first-order valence-corrected chi connectivity index (χ1v) is 25.0. The normalized spacial score (nSPS) is 12.3. The molecule has 1 unspecified atom stereocenters. The number of aliphatic hydroxyl groups excluding tert-OH is 2. The summed E-state index contributed by atoms with van der Waals surface area (Å²) >= 11 is 0. The summed E-state index contributed by atoms with van der Waals surface area (Å²) in [5.41, 5.74) is 0. The largest absolute Gasteiger partial charge is 0.462 e. The second-order valence-electron chi connectivity index (χ2n) is 17.3. The van der Waals surface area contributed by atoms with Crippen molar-refractivity contribution in [3.63, 3.8) is 0 Å². The molecule has 8 heteroatoms. The lowest BCUT2D eigenvalue weighted by Gasteiger charge is -2.22. The van der Waals surface area contributed by atoms with E-state index in [1.807, 2.05) is 0 Å². The smallest absolute Gasteiger partial charge is 0.306 e. The summed E-state index contributed by atoms with van der Waals surface area (Å²) in [7, 11) is 0. The molecule has 0 rings (SSSR count). The van der Waals surface area contributed by atoms with Crippen LogP contribution in [0.2, 0.25) is 0 Å². The number of amides is 1. The number of carbonyl (C=O) groups is 2. The third-order valence-electron chi connectivity index (χ3n) is 11.7. The molecule has 8 nitrogen and oxygen atoms in total. The van der Waals surface area contributed by atoms with E-state index in [2.05, 4.69) is 37.9 Å². The van der Waals surface area contributed by atoms with E-state index in [-0.39, 0.29) is 18.0 Å². The number of rotatable bonds is 46. The Morgan fingerprint density at radius 3 is 1.51 bits per heavy atom. The van der Waals surface area contributed by atoms with E-state index in [4.69, 9.17) is 14.6 Å². The number of unbranched alkanes of at least 4 members (excludes halogenated alkanes) is 20. The number of hydrogen-bond acceptors (Lipinski definition) is 7. The fraction of sp³-hybridized carbons (Fsp3) is 0.959. The Labute approximate surface area is 354 Å². The molecule has 0 saturated carbocycles. The molecule has 57 heavy (non-hydrogen) atoms. The van der Waals surface area contributed by atoms with Crippen molar-refractivity contribution in [3.05, 3.63) is 0 Å². The van der Waals surface area contributed by atoms with E-state index in [0.717, 1.165) is 109 Å². The van der Waals surface area contributed by atoms with Gasteiger partial charge < -0.3 is 29.9 Å². The molecule has 1 atom stereocenters. The molecule has 0 aliphatic heterocycles. The Kier molecular flexibility index (Phi) is 43.4. The van der Waals surface area contributed by atoms with E-state index in [0.29, 0.717) is 19.6 Å². The van der Waals surface area contributed by atoms with Crippen molar-refractivity contribution in [2.75, 3.05) is 39.4 Å². The maximum atomic E-state index is 12.8. The number of aliphatic hydroxyl groups is 2. The number of esters is 1. The zero-order chi connectivity index (χ0) is 41.9. The van der Waals surface area contributed by atoms with Gasteiger partial charge in [0.15, 0.2) is 6.29 Å². The van der Waals surface area contributed by atoms with Gasteiger partial charge in [-0.25, -0.2) is 0 Å². The lowest BCUT2D eigenvalue weighted by atomic mass is 9.93. The molecular formula is C49H98N2O6. The maximum Gasteiger partial charge on any atom is 0.306 e. The third kappa shape index (κ3) is 40.0. The topological polar surface area (TPSA) is 108 Å². The highest BCUT2D eigenvalue weighted by atomic mass is 16.6. The monoisotopic (exact) mass is 811 g/mol. The molecule has 1 amide bonds. The summed E-state index contributed by atoms with van der Waals surface area (Å²) < 4.78 is 11.8. The van der Waals surface area contributed by atoms with Gasteiger partial charge in [-0.05, 0) is 96.2 Å². The van der Waals surface area contributed by atoms with Crippen LogP contribution in [-0.2, 0) is 19.1 Å². The number of carbonyl (C=O) groups excluding carboxylic acids is 2. The zero-order valence-electron chi connectivity index (χ0n) is 38.5. The molecule has 340 valence electrons. The average molecular weight is 811 g/mol. The lowest BCUT2D eigenvalue weighted by Crippen LogP contribution is -2.32. The van der Waals surface area contributed by atoms with Gasteiger partial charge in [-0.2, -0.15) is 0 Å². The Hall–Kier alpha value is -1.22. The van der Waals surface area contributed by atoms with E-state index in [1.165, 1.54) is 128 Å². The molecule has 0 radical (unpaired) electrons. The first kappa shape index (κ1) is 55.8. The Morgan fingerprint density at radius 1 is 0.526 bits per heavy atom. The first-order chi connectivity index (χ1) is 27.9. The van der Waals surface area contributed by atoms with Crippen LogP contribution in [0.25, 0.3) is 0 Å². The molecule has 0 aromatic rings. The van der Waals surface area contributed by atoms with Crippen molar-refractivity contribution in [2.24, 2.45) is 5.92 Å². The number of nitrogens with one attached hydrogen (secondary N) is 1. The highest BCUT2D eigenvalue weighted by molar-refractivity contribution is 5.76. The van der Waals surface area contributed by atoms with Gasteiger partial charge in [-0.3, -0.25) is 9.59 Å². The minimum Gasteiger partial charge on any atom is -0.462 e. The predicted octanol–water partition coefficient (Wildman–Crippen LogP) is 12.6. The molecule has 0 aliphatic rings. The zero-order valence-corrected chi connectivity index (χ0v) is 38.5. The van der Waals surface area contributed by atoms with Crippen LogP contribution in [0, 0.1) is 5.92 Å². The summed E-state index contributed by atoms with van der Waals surface area (Å²) in [5.74, 6) is 0.426. The molecule has 0 saturated heterocycles. The fourth-order valence-corrected chi connectivity index (χ4v) is 7.93. The van der Waals surface area contributed by atoms with Crippen molar-refractivity contribution < 1.29 is 29.3 Å². The van der Waals surface area contributed by atoms with Crippen molar-refractivity contribution >= 4 is 11.9 Å². The van der Waals surface area contributed by atoms with Gasteiger partial charge in [0, 0.05) is 19.6 Å². The molecular weight excluding hydrogens is 713 g/mol. The van der Waals surface area contributed by atoms with Crippen LogP contribution in [0.15, 0.2) is 0 Å². The number of hydrogen-bond donors (Lipinski definition) is 3. The van der Waals surface area contributed by atoms with Crippen LogP contribution in [0.4, 0.5) is 0 Å². The highest BCUT2D eigenvalue weighted by Gasteiger charge is 2.15. The van der Waals surface area contributed by atoms with Crippen molar-refractivity contribution in [2.45, 2.75) is 258 Å². The lowest BCUT2D eigenvalue weighted by molar-refractivity contribution is -0.150. The second-order valence-corrected chi connectivity index (χ2v) is 17.3. The Balaban J connectivity index is 4.38. The molecule has 0 aromatic carbocycles. The van der Waals surface area contributed by atoms with Crippen LogP contribution in [0.3, 0.4) is 0 Å². The molecule has 0 fully saturated rings. The van der Waals surface area contributed by atoms with E-state index >= 15 is 0 Å². The molecule has 0 spiro atoms. The van der Waals surface area contributed by atoms with E-state index in [9.17, 15) is 14.7 Å². The van der Waals surface area contributed by atoms with Crippen LogP contribution < -0.4 is 5.32 Å². The van der Waals surface area contributed by atoms with Gasteiger partial charge >= 0.3 is 5.97 Å². The van der Waals surface area contributed by atoms with E-state index < -0.39 is 12.9 Å². The minimum absolute atomic E-state index is 0.00460. The molecule has 0 aromatic heterocycles. The predicted molar refractivity (Wildman–Crippen MR) is 242 cm³/mol. The highest BCUT2D eigenvalue weighted by Crippen LogP contribution is 2.21. The average Bonchev–Trinajstić information content (AvgIpc) is 3.21. The van der Waals surface area contributed by atoms with Gasteiger partial charge in [0.05, 0.1) is 0 Å². The Morgan fingerprint density at radius 2 is 0.982 bits per heavy atom. The SMILES string of the molecule is CCCCCCCCC(CCCCCCCC)OC(=O)CCCCCCCN(CCCCCCCC(O)OCCC(CCCC)CCCC)CCCNC(=O)CO. The van der Waals surface area contributed by atoms with Gasteiger partial charge in [0.2, 0.25) is 5.91 Å². The van der Waals surface area contributed by atoms with Gasteiger partial charge in [-0.15, -0.1) is 0 Å². The first-order valence-electron chi connectivity index (χ1n) is 25.0. The third-order valence-corrected chi connectivity index (χ3v) is 11.7. The van der Waals surface area contributed by atoms with Crippen molar-refractivity contribution in [1.82, 2.24) is 10.2 Å². The standard InChI is InChI=1S/C49H98N2O6/c1-5-9-13-15-19-25-34-46(35-26-20-16-14-10-6-2)57-49(55)37-28-22-18-24-30-41-51(42-31-39-50-47(53)44-52)40-29-23-17-21-27-36-48(54)56-43-38-45(32-11-7-3)33-12-8-4/h45-46,48,52,54H,5-44H2,1-4H3,(H,50,53).